The number of aromatic nitrogens is 1. The topological polar surface area (TPSA) is 36.4 Å². The second-order valence-electron chi connectivity index (χ2n) is 5.85. The number of hydrogen-bond donors (Lipinski definition) is 0. The number of halogens is 1. The molecule has 1 aromatic carbocycles. The Morgan fingerprint density at radius 2 is 2.00 bits per heavy atom. The van der Waals surface area contributed by atoms with Crippen molar-refractivity contribution in [3.63, 3.8) is 0 Å². The Balaban J connectivity index is 1.50. The van der Waals surface area contributed by atoms with Gasteiger partial charge in [0.05, 0.1) is 0 Å². The van der Waals surface area contributed by atoms with Gasteiger partial charge in [-0.25, -0.2) is 4.39 Å². The summed E-state index contributed by atoms with van der Waals surface area (Å²) in [4.78, 5) is 20.5. The lowest BCUT2D eigenvalue weighted by molar-refractivity contribution is -0.127. The highest BCUT2D eigenvalue weighted by Gasteiger charge is 2.19. The summed E-state index contributed by atoms with van der Waals surface area (Å²) in [6.45, 7) is 3.94. The standard InChI is InChI=1S/C19H20FN3O/c20-18-5-1-3-16(13-18)6-7-19(24)23-11-9-22(10-12-23)15-17-4-2-8-21-14-17/h1-8,13-14H,9-12,15H2/b7-6+. The summed E-state index contributed by atoms with van der Waals surface area (Å²) in [5, 5.41) is 0. The Kier molecular flexibility index (Phi) is 5.33. The summed E-state index contributed by atoms with van der Waals surface area (Å²) in [5.41, 5.74) is 1.88. The van der Waals surface area contributed by atoms with E-state index in [1.54, 1.807) is 24.4 Å². The van der Waals surface area contributed by atoms with Crippen LogP contribution in [0.15, 0.2) is 54.9 Å². The molecule has 1 aliphatic rings. The third kappa shape index (κ3) is 4.49. The van der Waals surface area contributed by atoms with Crippen LogP contribution in [0.4, 0.5) is 4.39 Å². The molecule has 1 aliphatic heterocycles. The zero-order valence-electron chi connectivity index (χ0n) is 13.4. The molecule has 1 fully saturated rings. The number of carbonyl (C=O) groups is 1. The van der Waals surface area contributed by atoms with E-state index < -0.39 is 0 Å². The van der Waals surface area contributed by atoms with Gasteiger partial charge in [0.25, 0.3) is 0 Å². The highest BCUT2D eigenvalue weighted by atomic mass is 19.1. The average molecular weight is 325 g/mol. The van der Waals surface area contributed by atoms with Crippen LogP contribution in [-0.4, -0.2) is 46.9 Å². The smallest absolute Gasteiger partial charge is 0.246 e. The van der Waals surface area contributed by atoms with E-state index in [1.807, 2.05) is 17.2 Å². The number of hydrogen-bond acceptors (Lipinski definition) is 3. The summed E-state index contributed by atoms with van der Waals surface area (Å²) in [6, 6.07) is 10.2. The molecular formula is C19H20FN3O. The zero-order chi connectivity index (χ0) is 16.8. The number of benzene rings is 1. The molecule has 0 spiro atoms. The molecule has 0 aliphatic carbocycles. The molecule has 0 bridgehead atoms. The monoisotopic (exact) mass is 325 g/mol. The zero-order valence-corrected chi connectivity index (χ0v) is 13.4. The maximum absolute atomic E-state index is 13.1. The van der Waals surface area contributed by atoms with Gasteiger partial charge in [0.1, 0.15) is 5.82 Å². The van der Waals surface area contributed by atoms with Crippen LogP contribution < -0.4 is 0 Å². The van der Waals surface area contributed by atoms with Crippen molar-refractivity contribution in [3.05, 3.63) is 71.8 Å². The minimum Gasteiger partial charge on any atom is -0.337 e. The SMILES string of the molecule is O=C(/C=C/c1cccc(F)c1)N1CCN(Cc2cccnc2)CC1. The van der Waals surface area contributed by atoms with Gasteiger partial charge in [-0.2, -0.15) is 0 Å². The molecule has 2 heterocycles. The van der Waals surface area contributed by atoms with Crippen LogP contribution in [0.2, 0.25) is 0 Å². The first-order chi connectivity index (χ1) is 11.7. The Bertz CT molecular complexity index is 710. The molecule has 3 rings (SSSR count). The Labute approximate surface area is 141 Å². The lowest BCUT2D eigenvalue weighted by Gasteiger charge is -2.34. The van der Waals surface area contributed by atoms with Gasteiger partial charge in [0, 0.05) is 51.2 Å². The van der Waals surface area contributed by atoms with Gasteiger partial charge in [-0.05, 0) is 35.4 Å². The van der Waals surface area contributed by atoms with Crippen molar-refractivity contribution >= 4 is 12.0 Å². The first-order valence-corrected chi connectivity index (χ1v) is 8.04. The number of pyridine rings is 1. The van der Waals surface area contributed by atoms with Crippen molar-refractivity contribution in [2.24, 2.45) is 0 Å². The Morgan fingerprint density at radius 3 is 2.71 bits per heavy atom. The van der Waals surface area contributed by atoms with Gasteiger partial charge in [-0.15, -0.1) is 0 Å². The van der Waals surface area contributed by atoms with Crippen molar-refractivity contribution in [1.29, 1.82) is 0 Å². The third-order valence-electron chi connectivity index (χ3n) is 4.08. The molecular weight excluding hydrogens is 305 g/mol. The molecule has 24 heavy (non-hydrogen) atoms. The van der Waals surface area contributed by atoms with Gasteiger partial charge in [-0.1, -0.05) is 18.2 Å². The van der Waals surface area contributed by atoms with Crippen LogP contribution in [-0.2, 0) is 11.3 Å². The number of rotatable bonds is 4. The lowest BCUT2D eigenvalue weighted by Crippen LogP contribution is -2.47. The van der Waals surface area contributed by atoms with Crippen LogP contribution in [0.1, 0.15) is 11.1 Å². The van der Waals surface area contributed by atoms with Crippen molar-refractivity contribution < 1.29 is 9.18 Å². The van der Waals surface area contributed by atoms with E-state index in [9.17, 15) is 9.18 Å². The molecule has 0 unspecified atom stereocenters. The van der Waals surface area contributed by atoms with E-state index in [2.05, 4.69) is 16.0 Å². The van der Waals surface area contributed by atoms with Crippen LogP contribution in [0.25, 0.3) is 6.08 Å². The predicted molar refractivity (Wildman–Crippen MR) is 91.5 cm³/mol. The fourth-order valence-corrected chi connectivity index (χ4v) is 2.76. The summed E-state index contributed by atoms with van der Waals surface area (Å²) < 4.78 is 13.1. The van der Waals surface area contributed by atoms with E-state index >= 15 is 0 Å². The summed E-state index contributed by atoms with van der Waals surface area (Å²) >= 11 is 0. The van der Waals surface area contributed by atoms with Crippen LogP contribution >= 0.6 is 0 Å². The van der Waals surface area contributed by atoms with Crippen molar-refractivity contribution in [2.75, 3.05) is 26.2 Å². The normalized spacial score (nSPS) is 15.8. The maximum atomic E-state index is 13.1. The highest BCUT2D eigenvalue weighted by molar-refractivity contribution is 5.91. The van der Waals surface area contributed by atoms with Crippen molar-refractivity contribution in [3.8, 4) is 0 Å². The first-order valence-electron chi connectivity index (χ1n) is 8.04. The van der Waals surface area contributed by atoms with E-state index in [4.69, 9.17) is 0 Å². The molecule has 0 N–H and O–H groups in total. The lowest BCUT2D eigenvalue weighted by atomic mass is 10.2. The van der Waals surface area contributed by atoms with E-state index in [0.29, 0.717) is 18.7 Å². The maximum Gasteiger partial charge on any atom is 0.246 e. The molecule has 0 radical (unpaired) electrons. The summed E-state index contributed by atoms with van der Waals surface area (Å²) in [6.07, 6.45) is 6.82. The van der Waals surface area contributed by atoms with E-state index in [0.717, 1.165) is 19.6 Å². The van der Waals surface area contributed by atoms with Gasteiger partial charge in [0.2, 0.25) is 5.91 Å². The highest BCUT2D eigenvalue weighted by Crippen LogP contribution is 2.09. The largest absolute Gasteiger partial charge is 0.337 e. The average Bonchev–Trinajstić information content (AvgIpc) is 2.61. The minimum atomic E-state index is -0.298. The molecule has 2 aromatic rings. The quantitative estimate of drug-likeness (QED) is 0.811. The van der Waals surface area contributed by atoms with Gasteiger partial charge < -0.3 is 4.90 Å². The number of nitrogens with zero attached hydrogens (tertiary/aromatic N) is 3. The second-order valence-corrected chi connectivity index (χ2v) is 5.85. The Morgan fingerprint density at radius 1 is 1.17 bits per heavy atom. The molecule has 4 nitrogen and oxygen atoms in total. The van der Waals surface area contributed by atoms with Crippen molar-refractivity contribution in [1.82, 2.24) is 14.8 Å². The second kappa shape index (κ2) is 7.84. The molecule has 1 saturated heterocycles. The number of piperazine rings is 1. The van der Waals surface area contributed by atoms with Crippen LogP contribution in [0.3, 0.4) is 0 Å². The van der Waals surface area contributed by atoms with Crippen molar-refractivity contribution in [2.45, 2.75) is 6.54 Å². The predicted octanol–water partition coefficient (Wildman–Crippen LogP) is 2.58. The minimum absolute atomic E-state index is 0.0275. The Hall–Kier alpha value is -2.53. The molecule has 0 atom stereocenters. The molecule has 1 aromatic heterocycles. The molecule has 0 saturated carbocycles. The summed E-state index contributed by atoms with van der Waals surface area (Å²) in [7, 11) is 0. The van der Waals surface area contributed by atoms with E-state index in [1.165, 1.54) is 23.8 Å². The fourth-order valence-electron chi connectivity index (χ4n) is 2.76. The fraction of sp³-hybridized carbons (Fsp3) is 0.263. The first kappa shape index (κ1) is 16.3. The number of carbonyl (C=O) groups excluding carboxylic acids is 1. The van der Waals surface area contributed by atoms with Gasteiger partial charge in [-0.3, -0.25) is 14.7 Å². The third-order valence-corrected chi connectivity index (χ3v) is 4.08. The number of amides is 1. The van der Waals surface area contributed by atoms with Crippen LogP contribution in [0.5, 0.6) is 0 Å². The van der Waals surface area contributed by atoms with Gasteiger partial charge >= 0.3 is 0 Å². The molecule has 1 amide bonds. The molecule has 5 heteroatoms. The molecule has 124 valence electrons. The summed E-state index contributed by atoms with van der Waals surface area (Å²) in [5.74, 6) is -0.325. The van der Waals surface area contributed by atoms with Crippen LogP contribution in [0, 0.1) is 5.82 Å². The van der Waals surface area contributed by atoms with Gasteiger partial charge in [0.15, 0.2) is 0 Å². The van der Waals surface area contributed by atoms with E-state index in [-0.39, 0.29) is 11.7 Å².